The van der Waals surface area contributed by atoms with Crippen LogP contribution in [0.4, 0.5) is 0 Å². The van der Waals surface area contributed by atoms with E-state index in [0.717, 1.165) is 11.5 Å². The van der Waals surface area contributed by atoms with Gasteiger partial charge in [-0.1, -0.05) is 115 Å². The van der Waals surface area contributed by atoms with E-state index in [2.05, 4.69) is 121 Å². The van der Waals surface area contributed by atoms with Gasteiger partial charge in [-0.25, -0.2) is 0 Å². The Morgan fingerprint density at radius 3 is 0.875 bits per heavy atom. The zero-order valence-corrected chi connectivity index (χ0v) is 28.0. The number of hydrogen-bond acceptors (Lipinski definition) is 2. The first-order valence-corrected chi connectivity index (χ1v) is 28.0. The Morgan fingerprint density at radius 2 is 0.688 bits per heavy atom. The summed E-state index contributed by atoms with van der Waals surface area (Å²) >= 11 is -1.97. The molecule has 32 heavy (non-hydrogen) atoms. The molecule has 7 heteroatoms. The monoisotopic (exact) mass is 516 g/mol. The largest absolute Gasteiger partial charge is 0.853 e. The Balaban J connectivity index is 2.57. The summed E-state index contributed by atoms with van der Waals surface area (Å²) in [6.45, 7) is 29.0. The first-order chi connectivity index (χ1) is 14.3. The molecule has 2 nitrogen and oxygen atoms in total. The van der Waals surface area contributed by atoms with Crippen LogP contribution in [-0.4, -0.2) is 47.1 Å². The maximum Gasteiger partial charge on any atom is 0.853 e. The molecule has 2 rings (SSSR count). The standard InChI is InChI=1S/2C12H22OSi2.CH3.Al/c2*1-14(2,3)10-8-7-9-11(12(10)13)15(4,5)6;;/h2*7-9,13H,1-6H3;1H3;/q;;;+2/p-2. The molecule has 0 heterocycles. The van der Waals surface area contributed by atoms with E-state index in [4.69, 9.17) is 7.58 Å². The van der Waals surface area contributed by atoms with Gasteiger partial charge in [0.05, 0.1) is 43.8 Å². The topological polar surface area (TPSA) is 18.5 Å². The number of para-hydroxylation sites is 2. The summed E-state index contributed by atoms with van der Waals surface area (Å²) in [6, 6.07) is 13.7. The second-order valence-corrected chi connectivity index (χ2v) is 34.9. The fraction of sp³-hybridized carbons (Fsp3) is 0.520. The third kappa shape index (κ3) is 6.74. The van der Waals surface area contributed by atoms with Crippen molar-refractivity contribution in [3.63, 3.8) is 0 Å². The van der Waals surface area contributed by atoms with E-state index in [9.17, 15) is 0 Å². The van der Waals surface area contributed by atoms with E-state index >= 15 is 0 Å². The van der Waals surface area contributed by atoms with Gasteiger partial charge < -0.3 is 7.58 Å². The molecule has 176 valence electrons. The number of benzene rings is 2. The average molecular weight is 517 g/mol. The van der Waals surface area contributed by atoms with Gasteiger partial charge in [0.1, 0.15) is 0 Å². The van der Waals surface area contributed by atoms with Gasteiger partial charge in [-0.3, -0.25) is 0 Å². The van der Waals surface area contributed by atoms with Crippen molar-refractivity contribution in [2.45, 2.75) is 84.3 Å². The van der Waals surface area contributed by atoms with Gasteiger partial charge in [-0.2, -0.15) is 0 Å². The molecule has 0 saturated heterocycles. The first kappa shape index (κ1) is 27.7. The number of hydrogen-bond donors (Lipinski definition) is 0. The van der Waals surface area contributed by atoms with E-state index in [1.54, 1.807) is 0 Å². The van der Waals surface area contributed by atoms with Crippen LogP contribution in [0.2, 0.25) is 84.3 Å². The van der Waals surface area contributed by atoms with Crippen LogP contribution in [-0.2, 0) is 0 Å². The third-order valence-corrected chi connectivity index (χ3v) is 15.0. The van der Waals surface area contributed by atoms with Crippen LogP contribution >= 0.6 is 0 Å². The van der Waals surface area contributed by atoms with Crippen molar-refractivity contribution in [3.8, 4) is 11.5 Å². The Labute approximate surface area is 206 Å². The molecule has 0 saturated carbocycles. The lowest BCUT2D eigenvalue weighted by Crippen LogP contribution is -2.50. The average Bonchev–Trinajstić information content (AvgIpc) is 2.58. The fourth-order valence-electron chi connectivity index (χ4n) is 4.05. The van der Waals surface area contributed by atoms with Crippen LogP contribution in [0.1, 0.15) is 0 Å². The Hall–Kier alpha value is -0.560. The van der Waals surface area contributed by atoms with E-state index in [1.807, 2.05) is 0 Å². The molecule has 2 aromatic carbocycles. The predicted molar refractivity (Wildman–Crippen MR) is 158 cm³/mol. The van der Waals surface area contributed by atoms with Crippen LogP contribution in [0, 0.1) is 0 Å². The summed E-state index contributed by atoms with van der Waals surface area (Å²) in [6.07, 6.45) is 0. The molecular weight excluding hydrogens is 472 g/mol. The molecule has 0 bridgehead atoms. The van der Waals surface area contributed by atoms with Crippen molar-refractivity contribution in [1.82, 2.24) is 0 Å². The van der Waals surface area contributed by atoms with Crippen LogP contribution in [0.25, 0.3) is 0 Å². The lowest BCUT2D eigenvalue weighted by atomic mass is 10.3. The van der Waals surface area contributed by atoms with Crippen LogP contribution < -0.4 is 28.3 Å². The molecule has 0 unspecified atom stereocenters. The Bertz CT molecular complexity index is 806. The minimum atomic E-state index is -1.97. The van der Waals surface area contributed by atoms with Gasteiger partial charge in [0.25, 0.3) is 0 Å². The Morgan fingerprint density at radius 1 is 0.469 bits per heavy atom. The minimum absolute atomic E-state index is 1.16. The van der Waals surface area contributed by atoms with Crippen LogP contribution in [0.3, 0.4) is 0 Å². The van der Waals surface area contributed by atoms with Crippen molar-refractivity contribution < 1.29 is 7.58 Å². The highest BCUT2D eigenvalue weighted by atomic mass is 28.3. The summed E-state index contributed by atoms with van der Waals surface area (Å²) in [5.74, 6) is 4.53. The lowest BCUT2D eigenvalue weighted by Gasteiger charge is -2.32. The summed E-state index contributed by atoms with van der Waals surface area (Å²) in [4.78, 5) is 0. The Kier molecular flexibility index (Phi) is 8.30. The number of rotatable bonds is 8. The molecular formula is C25H45AlO2Si4. The van der Waals surface area contributed by atoms with E-state index in [0.29, 0.717) is 0 Å². The van der Waals surface area contributed by atoms with Crippen LogP contribution in [0.5, 0.6) is 11.5 Å². The molecule has 0 amide bonds. The van der Waals surface area contributed by atoms with Crippen LogP contribution in [0.15, 0.2) is 36.4 Å². The van der Waals surface area contributed by atoms with Gasteiger partial charge >= 0.3 is 14.8 Å². The zero-order valence-electron chi connectivity index (χ0n) is 22.9. The third-order valence-electron chi connectivity index (χ3n) is 5.83. The summed E-state index contributed by atoms with van der Waals surface area (Å²) in [7, 11) is -6.20. The molecule has 0 spiro atoms. The highest BCUT2D eigenvalue weighted by Crippen LogP contribution is 2.21. The second kappa shape index (κ2) is 9.59. The summed E-state index contributed by atoms with van der Waals surface area (Å²) in [5.41, 5.74) is 0. The van der Waals surface area contributed by atoms with Gasteiger partial charge in [0.15, 0.2) is 0 Å². The highest BCUT2D eigenvalue weighted by molar-refractivity contribution is 6.93. The van der Waals surface area contributed by atoms with Gasteiger partial charge in [0, 0.05) is 0 Å². The fourth-order valence-corrected chi connectivity index (χ4v) is 11.9. The molecule has 0 aromatic heterocycles. The lowest BCUT2D eigenvalue weighted by molar-refractivity contribution is 0.438. The van der Waals surface area contributed by atoms with E-state index in [1.165, 1.54) is 20.7 Å². The maximum atomic E-state index is 6.89. The molecule has 0 aliphatic carbocycles. The maximum absolute atomic E-state index is 6.89. The van der Waals surface area contributed by atoms with E-state index in [-0.39, 0.29) is 0 Å². The molecule has 0 aliphatic rings. The quantitative estimate of drug-likeness (QED) is 0.435. The molecule has 0 fully saturated rings. The molecule has 0 radical (unpaired) electrons. The first-order valence-electron chi connectivity index (χ1n) is 11.9. The highest BCUT2D eigenvalue weighted by Gasteiger charge is 2.36. The smallest absolute Gasteiger partial charge is 0.612 e. The zero-order chi connectivity index (χ0) is 24.7. The summed E-state index contributed by atoms with van der Waals surface area (Å²) < 4.78 is 13.8. The van der Waals surface area contributed by atoms with Gasteiger partial charge in [-0.15, -0.1) is 0 Å². The minimum Gasteiger partial charge on any atom is -0.612 e. The normalized spacial score (nSPS) is 13.2. The molecule has 2 aromatic rings. The summed E-state index contributed by atoms with van der Waals surface area (Å²) in [5, 5.41) is 5.74. The molecule has 0 aliphatic heterocycles. The van der Waals surface area contributed by atoms with Crippen molar-refractivity contribution >= 4 is 67.9 Å². The molecule has 0 N–H and O–H groups in total. The van der Waals surface area contributed by atoms with Crippen molar-refractivity contribution in [3.05, 3.63) is 36.4 Å². The van der Waals surface area contributed by atoms with Gasteiger partial charge in [-0.05, 0) is 26.5 Å². The molecule has 0 atom stereocenters. The van der Waals surface area contributed by atoms with Crippen molar-refractivity contribution in [2.75, 3.05) is 0 Å². The van der Waals surface area contributed by atoms with E-state index < -0.39 is 47.1 Å². The second-order valence-electron chi connectivity index (χ2n) is 13.2. The van der Waals surface area contributed by atoms with Crippen molar-refractivity contribution in [2.24, 2.45) is 0 Å². The SMILES string of the molecule is [CH3][Al]([O]c1c([Si](C)(C)C)cccc1[Si](C)(C)C)[O]c1c([Si](C)(C)C)cccc1[Si](C)(C)C. The van der Waals surface area contributed by atoms with Crippen molar-refractivity contribution in [1.29, 1.82) is 0 Å². The predicted octanol–water partition coefficient (Wildman–Crippen LogP) is 5.44. The van der Waals surface area contributed by atoms with Gasteiger partial charge in [0.2, 0.25) is 0 Å².